The number of fused-ring (bicyclic) bond motifs is 1. The smallest absolute Gasteiger partial charge is 0.236 e. The van der Waals surface area contributed by atoms with Gasteiger partial charge in [-0.15, -0.1) is 0 Å². The summed E-state index contributed by atoms with van der Waals surface area (Å²) in [5.41, 5.74) is 2.13. The van der Waals surface area contributed by atoms with Crippen LogP contribution in [0.1, 0.15) is 69.0 Å². The topological polar surface area (TPSA) is 69.6 Å². The van der Waals surface area contributed by atoms with Crippen molar-refractivity contribution in [1.29, 1.82) is 0 Å². The van der Waals surface area contributed by atoms with Gasteiger partial charge in [0.15, 0.2) is 0 Å². The van der Waals surface area contributed by atoms with Crippen LogP contribution in [0, 0.1) is 12.8 Å². The van der Waals surface area contributed by atoms with Crippen LogP contribution in [0.2, 0.25) is 0 Å². The number of likely N-dealkylation sites (tertiary alicyclic amines) is 2. The van der Waals surface area contributed by atoms with E-state index in [9.17, 15) is 9.59 Å². The minimum Gasteiger partial charge on any atom is -0.342 e. The Morgan fingerprint density at radius 3 is 2.63 bits per heavy atom. The zero-order valence-corrected chi connectivity index (χ0v) is 18.7. The molecule has 1 unspecified atom stereocenters. The Hall–Kier alpha value is -2.02. The van der Waals surface area contributed by atoms with Crippen LogP contribution in [0.15, 0.2) is 0 Å². The summed E-state index contributed by atoms with van der Waals surface area (Å²) in [6.45, 7) is 11.2. The lowest BCUT2D eigenvalue weighted by Crippen LogP contribution is -2.38. The maximum atomic E-state index is 12.6. The first-order chi connectivity index (χ1) is 14.4. The number of hydrogen-bond acceptors (Lipinski definition) is 5. The van der Waals surface area contributed by atoms with Gasteiger partial charge >= 0.3 is 0 Å². The fraction of sp³-hybridized carbons (Fsp3) is 0.739. The van der Waals surface area contributed by atoms with Crippen LogP contribution in [0.3, 0.4) is 0 Å². The number of hydrogen-bond donors (Lipinski definition) is 0. The third kappa shape index (κ3) is 4.51. The van der Waals surface area contributed by atoms with Crippen molar-refractivity contribution in [1.82, 2.24) is 19.8 Å². The van der Waals surface area contributed by atoms with Gasteiger partial charge in [0.25, 0.3) is 0 Å². The van der Waals surface area contributed by atoms with Crippen molar-refractivity contribution in [3.63, 3.8) is 0 Å². The lowest BCUT2D eigenvalue weighted by Gasteiger charge is -2.30. The molecule has 3 aliphatic heterocycles. The van der Waals surface area contributed by atoms with E-state index in [2.05, 4.69) is 18.7 Å². The van der Waals surface area contributed by atoms with Crippen molar-refractivity contribution in [2.75, 3.05) is 44.2 Å². The van der Waals surface area contributed by atoms with Crippen molar-refractivity contribution in [3.05, 3.63) is 17.1 Å². The van der Waals surface area contributed by atoms with Gasteiger partial charge in [-0.1, -0.05) is 13.8 Å². The normalized spacial score (nSPS) is 22.3. The van der Waals surface area contributed by atoms with Crippen molar-refractivity contribution in [3.8, 4) is 0 Å². The van der Waals surface area contributed by atoms with Gasteiger partial charge in [-0.05, 0) is 51.5 Å². The molecule has 1 aromatic heterocycles. The molecule has 0 saturated carbocycles. The van der Waals surface area contributed by atoms with E-state index in [1.807, 2.05) is 16.7 Å². The molecule has 0 spiro atoms. The summed E-state index contributed by atoms with van der Waals surface area (Å²) in [5.74, 6) is 2.87. The zero-order valence-electron chi connectivity index (χ0n) is 18.7. The van der Waals surface area contributed by atoms with Crippen LogP contribution in [-0.2, 0) is 16.0 Å². The number of amides is 2. The Kier molecular flexibility index (Phi) is 6.37. The predicted molar refractivity (Wildman–Crippen MR) is 117 cm³/mol. The predicted octanol–water partition coefficient (Wildman–Crippen LogP) is 2.52. The third-order valence-corrected chi connectivity index (χ3v) is 6.74. The molecular formula is C23H35N5O2. The number of rotatable bonds is 6. The first kappa shape index (κ1) is 21.2. The van der Waals surface area contributed by atoms with Gasteiger partial charge in [-0.3, -0.25) is 19.4 Å². The molecule has 2 saturated heterocycles. The van der Waals surface area contributed by atoms with Crippen molar-refractivity contribution < 1.29 is 9.59 Å². The van der Waals surface area contributed by atoms with Gasteiger partial charge in [-0.25, -0.2) is 9.97 Å². The molecule has 3 aliphatic rings. The monoisotopic (exact) mass is 413 g/mol. The fourth-order valence-electron chi connectivity index (χ4n) is 4.85. The molecule has 1 atom stereocenters. The standard InChI is InChI=1S/C23H35N5O2/c1-16(2)8-13-28-20(29)7-6-19-17(3)24-22(25-23(19)28)18-9-12-26(14-18)15-21(30)27-10-4-5-11-27/h16,18H,4-15H2,1-3H3. The number of nitrogens with zero attached hydrogens (tertiary/aromatic N) is 5. The molecule has 0 aliphatic carbocycles. The summed E-state index contributed by atoms with van der Waals surface area (Å²) < 4.78 is 0. The summed E-state index contributed by atoms with van der Waals surface area (Å²) in [4.78, 5) is 41.0. The van der Waals surface area contributed by atoms with Crippen LogP contribution in [0.4, 0.5) is 5.82 Å². The van der Waals surface area contributed by atoms with E-state index in [0.29, 0.717) is 18.9 Å². The van der Waals surface area contributed by atoms with Crippen molar-refractivity contribution in [2.24, 2.45) is 5.92 Å². The first-order valence-electron chi connectivity index (χ1n) is 11.6. The molecule has 2 fully saturated rings. The van der Waals surface area contributed by atoms with E-state index in [-0.39, 0.29) is 17.7 Å². The Balaban J connectivity index is 1.48. The Bertz CT molecular complexity index is 803. The summed E-state index contributed by atoms with van der Waals surface area (Å²) in [6, 6.07) is 0. The molecule has 4 rings (SSSR count). The molecule has 7 heteroatoms. The molecule has 164 valence electrons. The lowest BCUT2D eigenvalue weighted by atomic mass is 10.0. The van der Waals surface area contributed by atoms with E-state index >= 15 is 0 Å². The molecule has 1 aromatic rings. The molecule has 0 radical (unpaired) electrons. The van der Waals surface area contributed by atoms with Gasteiger partial charge in [0, 0.05) is 49.8 Å². The average Bonchev–Trinajstić information content (AvgIpc) is 3.39. The maximum Gasteiger partial charge on any atom is 0.236 e. The van der Waals surface area contributed by atoms with Gasteiger partial charge in [0.05, 0.1) is 6.54 Å². The summed E-state index contributed by atoms with van der Waals surface area (Å²) >= 11 is 0. The quantitative estimate of drug-likeness (QED) is 0.717. The highest BCUT2D eigenvalue weighted by atomic mass is 16.2. The Morgan fingerprint density at radius 2 is 1.90 bits per heavy atom. The van der Waals surface area contributed by atoms with Crippen LogP contribution in [0.25, 0.3) is 0 Å². The molecule has 0 aromatic carbocycles. The fourth-order valence-corrected chi connectivity index (χ4v) is 4.85. The number of carbonyl (C=O) groups excluding carboxylic acids is 2. The molecule has 30 heavy (non-hydrogen) atoms. The van der Waals surface area contributed by atoms with Crippen molar-refractivity contribution >= 4 is 17.6 Å². The molecule has 2 amide bonds. The summed E-state index contributed by atoms with van der Waals surface area (Å²) in [7, 11) is 0. The summed E-state index contributed by atoms with van der Waals surface area (Å²) in [6.07, 6.45) is 5.47. The lowest BCUT2D eigenvalue weighted by molar-refractivity contribution is -0.131. The molecule has 4 heterocycles. The van der Waals surface area contributed by atoms with E-state index in [1.54, 1.807) is 0 Å². The molecule has 7 nitrogen and oxygen atoms in total. The van der Waals surface area contributed by atoms with Crippen LogP contribution >= 0.6 is 0 Å². The average molecular weight is 414 g/mol. The second kappa shape index (κ2) is 9.00. The molecule has 0 N–H and O–H groups in total. The minimum absolute atomic E-state index is 0.177. The van der Waals surface area contributed by atoms with E-state index in [1.165, 1.54) is 0 Å². The Labute approximate surface area is 179 Å². The minimum atomic E-state index is 0.177. The van der Waals surface area contributed by atoms with Gasteiger partial charge in [0.1, 0.15) is 11.6 Å². The highest BCUT2D eigenvalue weighted by molar-refractivity contribution is 5.95. The van der Waals surface area contributed by atoms with E-state index in [4.69, 9.17) is 9.97 Å². The third-order valence-electron chi connectivity index (χ3n) is 6.74. The van der Waals surface area contributed by atoms with E-state index < -0.39 is 0 Å². The zero-order chi connectivity index (χ0) is 21.3. The highest BCUT2D eigenvalue weighted by Gasteiger charge is 2.32. The highest BCUT2D eigenvalue weighted by Crippen LogP contribution is 2.32. The summed E-state index contributed by atoms with van der Waals surface area (Å²) in [5, 5.41) is 0. The SMILES string of the molecule is Cc1nc(C2CCN(CC(=O)N3CCCC3)C2)nc2c1CCC(=O)N2CCC(C)C. The Morgan fingerprint density at radius 1 is 1.13 bits per heavy atom. The van der Waals surface area contributed by atoms with Crippen LogP contribution in [0.5, 0.6) is 0 Å². The van der Waals surface area contributed by atoms with Crippen LogP contribution in [-0.4, -0.2) is 70.9 Å². The van der Waals surface area contributed by atoms with Crippen LogP contribution < -0.4 is 4.90 Å². The second-order valence-corrected chi connectivity index (χ2v) is 9.51. The van der Waals surface area contributed by atoms with Crippen molar-refractivity contribution in [2.45, 2.75) is 65.2 Å². The largest absolute Gasteiger partial charge is 0.342 e. The number of aryl methyl sites for hydroxylation is 1. The van der Waals surface area contributed by atoms with Gasteiger partial charge in [0.2, 0.25) is 11.8 Å². The number of anilines is 1. The molecular weight excluding hydrogens is 378 g/mol. The van der Waals surface area contributed by atoms with Gasteiger partial charge < -0.3 is 4.90 Å². The maximum absolute atomic E-state index is 12.6. The van der Waals surface area contributed by atoms with Gasteiger partial charge in [-0.2, -0.15) is 0 Å². The number of aromatic nitrogens is 2. The van der Waals surface area contributed by atoms with E-state index in [0.717, 1.165) is 87.7 Å². The molecule has 0 bridgehead atoms. The number of carbonyl (C=O) groups is 2. The first-order valence-corrected chi connectivity index (χ1v) is 11.6. The second-order valence-electron chi connectivity index (χ2n) is 9.51.